The third-order valence-electron chi connectivity index (χ3n) is 2.65. The molecule has 1 heteroatoms. The first kappa shape index (κ1) is 9.08. The second-order valence-corrected chi connectivity index (χ2v) is 4.28. The number of rotatable bonds is 3. The van der Waals surface area contributed by atoms with Crippen LogP contribution in [0.5, 0.6) is 0 Å². The summed E-state index contributed by atoms with van der Waals surface area (Å²) >= 11 is 6.18. The van der Waals surface area contributed by atoms with E-state index >= 15 is 0 Å². The normalized spacial score (nSPS) is 16.2. The lowest BCUT2D eigenvalue weighted by Gasteiger charge is -2.04. The van der Waals surface area contributed by atoms with Gasteiger partial charge in [-0.25, -0.2) is 0 Å². The zero-order valence-electron chi connectivity index (χ0n) is 8.02. The lowest BCUT2D eigenvalue weighted by molar-refractivity contribution is 0.920. The quantitative estimate of drug-likeness (QED) is 0.678. The van der Waals surface area contributed by atoms with Crippen LogP contribution in [0.25, 0.3) is 0 Å². The summed E-state index contributed by atoms with van der Waals surface area (Å²) in [5, 5.41) is 0.964. The van der Waals surface area contributed by atoms with E-state index in [2.05, 4.69) is 25.1 Å². The average molecular weight is 195 g/mol. The van der Waals surface area contributed by atoms with Crippen molar-refractivity contribution in [1.82, 2.24) is 0 Å². The average Bonchev–Trinajstić information content (AvgIpc) is 2.91. The minimum atomic E-state index is 0.813. The van der Waals surface area contributed by atoms with Gasteiger partial charge in [-0.15, -0.1) is 0 Å². The predicted octanol–water partition coefficient (Wildman–Crippen LogP) is 4.17. The fourth-order valence-corrected chi connectivity index (χ4v) is 1.99. The summed E-state index contributed by atoms with van der Waals surface area (Å²) < 4.78 is 0. The molecule has 1 aromatic rings. The van der Waals surface area contributed by atoms with E-state index < -0.39 is 0 Å². The molecule has 1 aliphatic rings. The highest BCUT2D eigenvalue weighted by molar-refractivity contribution is 6.31. The molecule has 1 saturated carbocycles. The van der Waals surface area contributed by atoms with E-state index in [1.165, 1.54) is 30.4 Å². The van der Waals surface area contributed by atoms with Crippen LogP contribution in [0.15, 0.2) is 18.2 Å². The van der Waals surface area contributed by atoms with Crippen molar-refractivity contribution in [3.63, 3.8) is 0 Å². The Kier molecular flexibility index (Phi) is 2.59. The van der Waals surface area contributed by atoms with Gasteiger partial charge in [0.1, 0.15) is 0 Å². The molecule has 0 N–H and O–H groups in total. The predicted molar refractivity (Wildman–Crippen MR) is 57.4 cm³/mol. The van der Waals surface area contributed by atoms with Gasteiger partial charge in [0, 0.05) is 5.02 Å². The number of aryl methyl sites for hydroxylation is 1. The summed E-state index contributed by atoms with van der Waals surface area (Å²) in [7, 11) is 0. The molecule has 0 spiro atoms. The van der Waals surface area contributed by atoms with Gasteiger partial charge in [-0.2, -0.15) is 0 Å². The van der Waals surface area contributed by atoms with E-state index in [-0.39, 0.29) is 0 Å². The van der Waals surface area contributed by atoms with Crippen LogP contribution in [0.1, 0.15) is 43.2 Å². The molecule has 0 radical (unpaired) electrons. The third kappa shape index (κ3) is 2.05. The Morgan fingerprint density at radius 3 is 2.69 bits per heavy atom. The number of hydrogen-bond acceptors (Lipinski definition) is 0. The molecule has 0 unspecified atom stereocenters. The molecule has 0 atom stereocenters. The van der Waals surface area contributed by atoms with Gasteiger partial charge in [0.15, 0.2) is 0 Å². The minimum absolute atomic E-state index is 0.813. The van der Waals surface area contributed by atoms with E-state index in [4.69, 9.17) is 11.6 Å². The zero-order chi connectivity index (χ0) is 9.26. The summed E-state index contributed by atoms with van der Waals surface area (Å²) in [6.07, 6.45) is 4.97. The molecule has 1 fully saturated rings. The summed E-state index contributed by atoms with van der Waals surface area (Å²) in [5.74, 6) is 0.813. The molecule has 1 aliphatic carbocycles. The second kappa shape index (κ2) is 3.71. The Labute approximate surface area is 84.9 Å². The van der Waals surface area contributed by atoms with Crippen molar-refractivity contribution < 1.29 is 0 Å². The van der Waals surface area contributed by atoms with Gasteiger partial charge in [0.2, 0.25) is 0 Å². The van der Waals surface area contributed by atoms with Crippen LogP contribution in [0.3, 0.4) is 0 Å². The van der Waals surface area contributed by atoms with E-state index in [0.717, 1.165) is 17.4 Å². The van der Waals surface area contributed by atoms with Crippen LogP contribution in [-0.4, -0.2) is 0 Å². The first-order valence-corrected chi connectivity index (χ1v) is 5.47. The molecular formula is C12H15Cl. The van der Waals surface area contributed by atoms with Crippen molar-refractivity contribution in [3.8, 4) is 0 Å². The highest BCUT2D eigenvalue weighted by atomic mass is 35.5. The van der Waals surface area contributed by atoms with Crippen LogP contribution >= 0.6 is 11.6 Å². The molecular weight excluding hydrogens is 180 g/mol. The lowest BCUT2D eigenvalue weighted by Crippen LogP contribution is -1.87. The van der Waals surface area contributed by atoms with E-state index in [1.807, 2.05) is 0 Å². The zero-order valence-corrected chi connectivity index (χ0v) is 8.77. The van der Waals surface area contributed by atoms with Crippen LogP contribution < -0.4 is 0 Å². The molecule has 0 saturated heterocycles. The first-order chi connectivity index (χ1) is 6.31. The summed E-state index contributed by atoms with van der Waals surface area (Å²) in [6, 6.07) is 6.60. The van der Waals surface area contributed by atoms with Gasteiger partial charge in [-0.3, -0.25) is 0 Å². The fourth-order valence-electron chi connectivity index (χ4n) is 1.71. The summed E-state index contributed by atoms with van der Waals surface area (Å²) in [6.45, 7) is 2.19. The number of hydrogen-bond donors (Lipinski definition) is 0. The topological polar surface area (TPSA) is 0 Å². The molecule has 2 rings (SSSR count). The summed E-state index contributed by atoms with van der Waals surface area (Å²) in [5.41, 5.74) is 2.73. The number of halogens is 1. The Morgan fingerprint density at radius 1 is 1.38 bits per heavy atom. The maximum Gasteiger partial charge on any atom is 0.0440 e. The molecule has 13 heavy (non-hydrogen) atoms. The third-order valence-corrected chi connectivity index (χ3v) is 3.00. The Morgan fingerprint density at radius 2 is 2.15 bits per heavy atom. The Bertz CT molecular complexity index is 300. The van der Waals surface area contributed by atoms with Crippen molar-refractivity contribution in [2.75, 3.05) is 0 Å². The van der Waals surface area contributed by atoms with E-state index in [9.17, 15) is 0 Å². The van der Waals surface area contributed by atoms with Crippen LogP contribution in [0, 0.1) is 0 Å². The van der Waals surface area contributed by atoms with Gasteiger partial charge in [-0.05, 0) is 42.4 Å². The van der Waals surface area contributed by atoms with Crippen molar-refractivity contribution in [1.29, 1.82) is 0 Å². The Balaban J connectivity index is 2.21. The van der Waals surface area contributed by atoms with Crippen molar-refractivity contribution >= 4 is 11.6 Å². The van der Waals surface area contributed by atoms with Crippen molar-refractivity contribution in [2.24, 2.45) is 0 Å². The van der Waals surface area contributed by atoms with E-state index in [0.29, 0.717) is 0 Å². The molecule has 0 amide bonds. The van der Waals surface area contributed by atoms with Gasteiger partial charge in [0.05, 0.1) is 0 Å². The SMILES string of the molecule is CCCc1ccc(C2CC2)cc1Cl. The second-order valence-electron chi connectivity index (χ2n) is 3.88. The maximum atomic E-state index is 6.18. The van der Waals surface area contributed by atoms with Gasteiger partial charge >= 0.3 is 0 Å². The van der Waals surface area contributed by atoms with E-state index in [1.54, 1.807) is 0 Å². The molecule has 1 aromatic carbocycles. The maximum absolute atomic E-state index is 6.18. The van der Waals surface area contributed by atoms with Gasteiger partial charge < -0.3 is 0 Å². The smallest absolute Gasteiger partial charge is 0.0440 e. The fraction of sp³-hybridized carbons (Fsp3) is 0.500. The minimum Gasteiger partial charge on any atom is -0.0840 e. The lowest BCUT2D eigenvalue weighted by atomic mass is 10.1. The highest BCUT2D eigenvalue weighted by Crippen LogP contribution is 2.41. The Hall–Kier alpha value is -0.490. The molecule has 0 aliphatic heterocycles. The molecule has 0 aromatic heterocycles. The van der Waals surface area contributed by atoms with Crippen LogP contribution in [0.4, 0.5) is 0 Å². The van der Waals surface area contributed by atoms with Crippen molar-refractivity contribution in [2.45, 2.75) is 38.5 Å². The monoisotopic (exact) mass is 194 g/mol. The molecule has 0 nitrogen and oxygen atoms in total. The van der Waals surface area contributed by atoms with Crippen molar-refractivity contribution in [3.05, 3.63) is 34.3 Å². The van der Waals surface area contributed by atoms with Crippen LogP contribution in [0.2, 0.25) is 5.02 Å². The molecule has 70 valence electrons. The summed E-state index contributed by atoms with van der Waals surface area (Å²) in [4.78, 5) is 0. The largest absolute Gasteiger partial charge is 0.0840 e. The molecule has 0 heterocycles. The number of benzene rings is 1. The molecule has 0 bridgehead atoms. The van der Waals surface area contributed by atoms with Gasteiger partial charge in [0.25, 0.3) is 0 Å². The first-order valence-electron chi connectivity index (χ1n) is 5.09. The highest BCUT2D eigenvalue weighted by Gasteiger charge is 2.23. The standard InChI is InChI=1S/C12H15Cl/c1-2-3-10-6-7-11(8-12(10)13)9-4-5-9/h6-9H,2-5H2,1H3. The van der Waals surface area contributed by atoms with Crippen LogP contribution in [-0.2, 0) is 6.42 Å². The van der Waals surface area contributed by atoms with Gasteiger partial charge in [-0.1, -0.05) is 37.1 Å².